The lowest BCUT2D eigenvalue weighted by molar-refractivity contribution is -0.137. The number of hydrogen-bond acceptors (Lipinski definition) is 2. The normalized spacial score (nSPS) is 10.0. The molecule has 0 heterocycles. The molecular formula is C13H17ClN2O3. The van der Waals surface area contributed by atoms with Crippen LogP contribution in [0.2, 0.25) is 5.02 Å². The number of carboxylic acids is 1. The zero-order chi connectivity index (χ0) is 14.3. The highest BCUT2D eigenvalue weighted by Crippen LogP contribution is 2.10. The molecule has 1 aromatic rings. The fourth-order valence-corrected chi connectivity index (χ4v) is 1.72. The lowest BCUT2D eigenvalue weighted by Crippen LogP contribution is -2.39. The van der Waals surface area contributed by atoms with E-state index in [0.717, 1.165) is 5.56 Å². The van der Waals surface area contributed by atoms with Gasteiger partial charge in [0.05, 0.1) is 6.42 Å². The maximum Gasteiger partial charge on any atom is 0.317 e. The fraction of sp³-hybridized carbons (Fsp3) is 0.385. The number of aliphatic carboxylic acids is 1. The number of carbonyl (C=O) groups excluding carboxylic acids is 1. The number of benzene rings is 1. The van der Waals surface area contributed by atoms with Gasteiger partial charge < -0.3 is 15.3 Å². The summed E-state index contributed by atoms with van der Waals surface area (Å²) in [5, 5.41) is 11.9. The van der Waals surface area contributed by atoms with Crippen LogP contribution in [-0.2, 0) is 11.2 Å². The second-order valence-electron chi connectivity index (χ2n) is 4.18. The van der Waals surface area contributed by atoms with Crippen molar-refractivity contribution in [3.8, 4) is 0 Å². The van der Waals surface area contributed by atoms with Crippen LogP contribution in [0.1, 0.15) is 12.0 Å². The number of nitrogens with one attached hydrogen (secondary N) is 1. The van der Waals surface area contributed by atoms with Gasteiger partial charge in [-0.05, 0) is 24.1 Å². The summed E-state index contributed by atoms with van der Waals surface area (Å²) in [7, 11) is 1.57. The Balaban J connectivity index is 2.28. The molecule has 0 fully saturated rings. The Morgan fingerprint density at radius 2 is 2.16 bits per heavy atom. The van der Waals surface area contributed by atoms with Crippen molar-refractivity contribution >= 4 is 23.6 Å². The van der Waals surface area contributed by atoms with Gasteiger partial charge in [-0.2, -0.15) is 0 Å². The average molecular weight is 285 g/mol. The van der Waals surface area contributed by atoms with E-state index in [9.17, 15) is 9.59 Å². The number of nitrogens with zero attached hydrogens (tertiary/aromatic N) is 1. The molecule has 2 N–H and O–H groups in total. The van der Waals surface area contributed by atoms with E-state index in [2.05, 4.69) is 5.32 Å². The van der Waals surface area contributed by atoms with Gasteiger partial charge >= 0.3 is 12.0 Å². The number of carbonyl (C=O) groups is 2. The quantitative estimate of drug-likeness (QED) is 0.839. The number of rotatable bonds is 6. The predicted molar refractivity (Wildman–Crippen MR) is 73.4 cm³/mol. The molecule has 5 nitrogen and oxygen atoms in total. The highest BCUT2D eigenvalue weighted by molar-refractivity contribution is 6.30. The standard InChI is InChI=1S/C13H17ClN2O3/c1-16(8-6-12(17)18)13(19)15-7-5-10-3-2-4-11(14)9-10/h2-4,9H,5-8H2,1H3,(H,15,19)(H,17,18). The fourth-order valence-electron chi connectivity index (χ4n) is 1.51. The van der Waals surface area contributed by atoms with E-state index in [1.165, 1.54) is 4.90 Å². The van der Waals surface area contributed by atoms with Gasteiger partial charge in [0.25, 0.3) is 0 Å². The third-order valence-corrected chi connectivity index (χ3v) is 2.82. The van der Waals surface area contributed by atoms with Gasteiger partial charge in [0.2, 0.25) is 0 Å². The summed E-state index contributed by atoms with van der Waals surface area (Å²) in [5.74, 6) is -0.918. The molecule has 0 radical (unpaired) electrons. The summed E-state index contributed by atoms with van der Waals surface area (Å²) in [6, 6.07) is 7.17. The summed E-state index contributed by atoms with van der Waals surface area (Å²) in [4.78, 5) is 23.3. The Morgan fingerprint density at radius 3 is 2.79 bits per heavy atom. The Kier molecular flexibility index (Phi) is 6.15. The van der Waals surface area contributed by atoms with Gasteiger partial charge in [0.15, 0.2) is 0 Å². The van der Waals surface area contributed by atoms with E-state index in [-0.39, 0.29) is 19.0 Å². The van der Waals surface area contributed by atoms with Gasteiger partial charge in [-0.25, -0.2) is 4.79 Å². The molecular weight excluding hydrogens is 268 g/mol. The smallest absolute Gasteiger partial charge is 0.317 e. The first-order chi connectivity index (χ1) is 8.99. The molecule has 2 amide bonds. The molecule has 19 heavy (non-hydrogen) atoms. The number of hydrogen-bond donors (Lipinski definition) is 2. The summed E-state index contributed by atoms with van der Waals surface area (Å²) in [5.41, 5.74) is 1.04. The van der Waals surface area contributed by atoms with Crippen molar-refractivity contribution < 1.29 is 14.7 Å². The average Bonchev–Trinajstić information content (AvgIpc) is 2.35. The molecule has 1 rings (SSSR count). The first-order valence-corrected chi connectivity index (χ1v) is 6.32. The highest BCUT2D eigenvalue weighted by Gasteiger charge is 2.09. The Bertz CT molecular complexity index is 451. The van der Waals surface area contributed by atoms with Crippen LogP contribution < -0.4 is 5.32 Å². The minimum absolute atomic E-state index is 0.0573. The lowest BCUT2D eigenvalue weighted by Gasteiger charge is -2.16. The van der Waals surface area contributed by atoms with E-state index >= 15 is 0 Å². The van der Waals surface area contributed by atoms with Gasteiger partial charge in [-0.15, -0.1) is 0 Å². The molecule has 6 heteroatoms. The van der Waals surface area contributed by atoms with Crippen LogP contribution in [0.4, 0.5) is 4.79 Å². The van der Waals surface area contributed by atoms with Crippen molar-refractivity contribution in [1.29, 1.82) is 0 Å². The minimum Gasteiger partial charge on any atom is -0.481 e. The van der Waals surface area contributed by atoms with Crippen molar-refractivity contribution in [1.82, 2.24) is 10.2 Å². The second-order valence-corrected chi connectivity index (χ2v) is 4.61. The van der Waals surface area contributed by atoms with E-state index < -0.39 is 5.97 Å². The number of halogens is 1. The zero-order valence-electron chi connectivity index (χ0n) is 10.7. The second kappa shape index (κ2) is 7.63. The third kappa shape index (κ3) is 6.10. The third-order valence-electron chi connectivity index (χ3n) is 2.59. The number of urea groups is 1. The van der Waals surface area contributed by atoms with E-state index in [1.807, 2.05) is 18.2 Å². The molecule has 0 spiro atoms. The topological polar surface area (TPSA) is 69.6 Å². The van der Waals surface area contributed by atoms with Crippen molar-refractivity contribution in [3.05, 3.63) is 34.9 Å². The van der Waals surface area contributed by atoms with Gasteiger partial charge in [0, 0.05) is 25.2 Å². The Morgan fingerprint density at radius 1 is 1.42 bits per heavy atom. The molecule has 0 saturated carbocycles. The molecule has 1 aromatic carbocycles. The first kappa shape index (κ1) is 15.3. The van der Waals surface area contributed by atoms with Crippen LogP contribution >= 0.6 is 11.6 Å². The largest absolute Gasteiger partial charge is 0.481 e. The first-order valence-electron chi connectivity index (χ1n) is 5.94. The molecule has 0 aliphatic heterocycles. The zero-order valence-corrected chi connectivity index (χ0v) is 11.5. The Labute approximate surface area is 117 Å². The molecule has 0 saturated heterocycles. The summed E-state index contributed by atoms with van der Waals surface area (Å²) >= 11 is 5.86. The van der Waals surface area contributed by atoms with Gasteiger partial charge in [-0.3, -0.25) is 4.79 Å². The van der Waals surface area contributed by atoms with E-state index in [1.54, 1.807) is 13.1 Å². The van der Waals surface area contributed by atoms with Crippen LogP contribution in [-0.4, -0.2) is 42.1 Å². The number of amides is 2. The highest BCUT2D eigenvalue weighted by atomic mass is 35.5. The molecule has 0 unspecified atom stereocenters. The molecule has 0 aliphatic rings. The van der Waals surface area contributed by atoms with Gasteiger partial charge in [0.1, 0.15) is 0 Å². The lowest BCUT2D eigenvalue weighted by atomic mass is 10.1. The molecule has 0 aromatic heterocycles. The maximum absolute atomic E-state index is 11.6. The van der Waals surface area contributed by atoms with Crippen LogP contribution in [0.5, 0.6) is 0 Å². The summed E-state index contributed by atoms with van der Waals surface area (Å²) in [6.07, 6.45) is 0.622. The van der Waals surface area contributed by atoms with Crippen molar-refractivity contribution in [2.75, 3.05) is 20.1 Å². The van der Waals surface area contributed by atoms with Crippen molar-refractivity contribution in [2.45, 2.75) is 12.8 Å². The van der Waals surface area contributed by atoms with Gasteiger partial charge in [-0.1, -0.05) is 23.7 Å². The van der Waals surface area contributed by atoms with Crippen LogP contribution in [0.15, 0.2) is 24.3 Å². The monoisotopic (exact) mass is 284 g/mol. The van der Waals surface area contributed by atoms with Crippen LogP contribution in [0.25, 0.3) is 0 Å². The van der Waals surface area contributed by atoms with Crippen LogP contribution in [0, 0.1) is 0 Å². The Hall–Kier alpha value is -1.75. The van der Waals surface area contributed by atoms with E-state index in [4.69, 9.17) is 16.7 Å². The van der Waals surface area contributed by atoms with Crippen molar-refractivity contribution in [3.63, 3.8) is 0 Å². The number of carboxylic acid groups (broad SMARTS) is 1. The molecule has 0 bridgehead atoms. The summed E-state index contributed by atoms with van der Waals surface area (Å²) < 4.78 is 0. The SMILES string of the molecule is CN(CCC(=O)O)C(=O)NCCc1cccc(Cl)c1. The molecule has 0 aliphatic carbocycles. The predicted octanol–water partition coefficient (Wildman–Crippen LogP) is 2.00. The van der Waals surface area contributed by atoms with Crippen LogP contribution in [0.3, 0.4) is 0 Å². The molecule has 0 atom stereocenters. The van der Waals surface area contributed by atoms with E-state index in [0.29, 0.717) is 18.0 Å². The maximum atomic E-state index is 11.6. The molecule has 104 valence electrons. The van der Waals surface area contributed by atoms with Crippen molar-refractivity contribution in [2.24, 2.45) is 0 Å². The minimum atomic E-state index is -0.918. The summed E-state index contributed by atoms with van der Waals surface area (Å²) in [6.45, 7) is 0.676.